The summed E-state index contributed by atoms with van der Waals surface area (Å²) in [4.78, 5) is 47.9. The van der Waals surface area contributed by atoms with Crippen LogP contribution in [0.5, 0.6) is 11.5 Å². The molecule has 0 saturated carbocycles. The van der Waals surface area contributed by atoms with Crippen LogP contribution < -0.4 is 20.1 Å². The van der Waals surface area contributed by atoms with E-state index in [2.05, 4.69) is 24.5 Å². The Morgan fingerprint density at radius 1 is 0.597 bits per heavy atom. The van der Waals surface area contributed by atoms with Crippen LogP contribution in [-0.2, 0) is 19.2 Å². The lowest BCUT2D eigenvalue weighted by atomic mass is 9.84. The van der Waals surface area contributed by atoms with E-state index in [1.165, 1.54) is 13.8 Å². The quantitative estimate of drug-likeness (QED) is 0.0641. The van der Waals surface area contributed by atoms with Gasteiger partial charge in [0, 0.05) is 0 Å². The predicted octanol–water partition coefficient (Wildman–Crippen LogP) is 6.48. The Morgan fingerprint density at radius 3 is 1.15 bits per heavy atom. The van der Waals surface area contributed by atoms with E-state index >= 15 is 0 Å². The van der Waals surface area contributed by atoms with Gasteiger partial charge in [-0.1, -0.05) is 52.4 Å². The molecule has 0 saturated heterocycles. The summed E-state index contributed by atoms with van der Waals surface area (Å²) in [5.74, 6) is 0.370. The SMILES string of the molecule is CCCCC[C@H](NC(=O)COc1ccc(C2=[N+]([O-])C(C)(C)C(C)(C)N2O)cc1)C(C)=O.CCCCC[C@H](NC(=O)COc1ccc(C2=[N+]([O-])C(C)(C)C(C)(C)N2O)cc1)C(C)=O. The first kappa shape index (κ1) is 51.1. The monoisotopic (exact) mass is 867 g/mol. The zero-order valence-corrected chi connectivity index (χ0v) is 38.8. The molecule has 2 aliphatic heterocycles. The molecule has 62 heavy (non-hydrogen) atoms. The van der Waals surface area contributed by atoms with E-state index in [-0.39, 0.29) is 48.3 Å². The zero-order chi connectivity index (χ0) is 46.8. The highest BCUT2D eigenvalue weighted by Crippen LogP contribution is 2.38. The molecule has 4 rings (SSSR count). The number of rotatable bonds is 20. The third-order valence-corrected chi connectivity index (χ3v) is 12.7. The number of carbonyl (C=O) groups excluding carboxylic acids is 4. The van der Waals surface area contributed by atoms with Crippen LogP contribution in [0.2, 0.25) is 0 Å². The van der Waals surface area contributed by atoms with Crippen LogP contribution in [0.3, 0.4) is 0 Å². The molecule has 0 unspecified atom stereocenters. The zero-order valence-electron chi connectivity index (χ0n) is 38.8. The average molecular weight is 867 g/mol. The Labute approximate surface area is 367 Å². The molecule has 2 aromatic rings. The summed E-state index contributed by atoms with van der Waals surface area (Å²) in [6, 6.07) is 12.2. The Morgan fingerprint density at radius 2 is 0.903 bits per heavy atom. The lowest BCUT2D eigenvalue weighted by Gasteiger charge is -2.33. The molecule has 0 aliphatic carbocycles. The van der Waals surface area contributed by atoms with E-state index in [1.54, 1.807) is 104 Å². The van der Waals surface area contributed by atoms with Crippen LogP contribution in [0.1, 0.15) is 146 Å². The van der Waals surface area contributed by atoms with Gasteiger partial charge in [-0.25, -0.2) is 10.4 Å². The topological polar surface area (TPSA) is 210 Å². The van der Waals surface area contributed by atoms with E-state index in [0.717, 1.165) is 58.1 Å². The third kappa shape index (κ3) is 11.6. The number of hydrogen-bond acceptors (Lipinski definition) is 12. The molecule has 2 aromatic carbocycles. The van der Waals surface area contributed by atoms with Gasteiger partial charge in [-0.05, 0) is 131 Å². The van der Waals surface area contributed by atoms with Crippen LogP contribution in [0, 0.1) is 10.4 Å². The van der Waals surface area contributed by atoms with Crippen molar-refractivity contribution in [3.05, 3.63) is 70.1 Å². The second-order valence-electron chi connectivity index (χ2n) is 18.2. The molecule has 16 nitrogen and oxygen atoms in total. The van der Waals surface area contributed by atoms with Crippen molar-refractivity contribution in [2.24, 2.45) is 0 Å². The third-order valence-electron chi connectivity index (χ3n) is 12.7. The van der Waals surface area contributed by atoms with Gasteiger partial charge in [0.05, 0.1) is 23.2 Å². The van der Waals surface area contributed by atoms with Crippen molar-refractivity contribution in [1.29, 1.82) is 0 Å². The maximum atomic E-state index is 12.8. The fraction of sp³-hybridized carbons (Fsp3) is 0.609. The van der Waals surface area contributed by atoms with Crippen LogP contribution in [0.4, 0.5) is 0 Å². The first-order valence-electron chi connectivity index (χ1n) is 21.6. The molecule has 0 aromatic heterocycles. The van der Waals surface area contributed by atoms with Gasteiger partial charge < -0.3 is 30.5 Å². The summed E-state index contributed by atoms with van der Waals surface area (Å²) in [6.45, 7) is 21.0. The van der Waals surface area contributed by atoms with Gasteiger partial charge in [0.15, 0.2) is 35.9 Å². The van der Waals surface area contributed by atoms with Gasteiger partial charge in [0.1, 0.15) is 22.6 Å². The van der Waals surface area contributed by atoms with E-state index in [4.69, 9.17) is 9.47 Å². The largest absolute Gasteiger partial charge is 0.714 e. The Hall–Kier alpha value is -5.22. The minimum absolute atomic E-state index is 0.0658. The first-order valence-corrected chi connectivity index (χ1v) is 21.6. The molecule has 0 bridgehead atoms. The maximum Gasteiger partial charge on any atom is 0.313 e. The predicted molar refractivity (Wildman–Crippen MR) is 236 cm³/mol. The van der Waals surface area contributed by atoms with Crippen molar-refractivity contribution < 1.29 is 48.5 Å². The normalized spacial score (nSPS) is 18.1. The fourth-order valence-electron chi connectivity index (χ4n) is 6.85. The number of ketones is 2. The van der Waals surface area contributed by atoms with Gasteiger partial charge in [0.25, 0.3) is 11.8 Å². The molecule has 4 N–H and O–H groups in total. The maximum absolute atomic E-state index is 12.8. The average Bonchev–Trinajstić information content (AvgIpc) is 3.41. The Kier molecular flexibility index (Phi) is 17.5. The number of nitrogens with one attached hydrogen (secondary N) is 2. The van der Waals surface area contributed by atoms with Crippen molar-refractivity contribution in [3.63, 3.8) is 0 Å². The van der Waals surface area contributed by atoms with Gasteiger partial charge in [-0.3, -0.25) is 28.7 Å². The highest BCUT2D eigenvalue weighted by Gasteiger charge is 2.60. The highest BCUT2D eigenvalue weighted by atomic mass is 16.5. The summed E-state index contributed by atoms with van der Waals surface area (Å²) in [5, 5.41) is 54.1. The van der Waals surface area contributed by atoms with Crippen molar-refractivity contribution in [2.75, 3.05) is 13.2 Å². The van der Waals surface area contributed by atoms with Crippen molar-refractivity contribution in [2.45, 2.75) is 169 Å². The number of unbranched alkanes of at least 4 members (excludes halogenated alkanes) is 4. The summed E-state index contributed by atoms with van der Waals surface area (Å²) < 4.78 is 12.7. The number of hydroxylamine groups is 6. The smallest absolute Gasteiger partial charge is 0.313 e. The molecule has 344 valence electrons. The number of carbonyl (C=O) groups is 4. The number of ether oxygens (including phenoxy) is 2. The number of benzene rings is 2. The fourth-order valence-corrected chi connectivity index (χ4v) is 6.85. The molecule has 2 amide bonds. The van der Waals surface area contributed by atoms with Gasteiger partial charge in [-0.15, -0.1) is 10.1 Å². The number of Topliss-reactive ketones (excluding diaryl/α,β-unsaturated/α-hetero) is 2. The summed E-state index contributed by atoms with van der Waals surface area (Å²) in [6.07, 6.45) is 7.14. The number of amides is 2. The van der Waals surface area contributed by atoms with E-state index in [1.807, 2.05) is 0 Å². The lowest BCUT2D eigenvalue weighted by molar-refractivity contribution is -0.539. The molecule has 0 spiro atoms. The second kappa shape index (κ2) is 21.2. The van der Waals surface area contributed by atoms with Crippen LogP contribution in [-0.4, -0.2) is 113 Å². The molecule has 2 atom stereocenters. The van der Waals surface area contributed by atoms with Gasteiger partial charge in [0.2, 0.25) is 0 Å². The van der Waals surface area contributed by atoms with Gasteiger partial charge >= 0.3 is 11.7 Å². The van der Waals surface area contributed by atoms with Gasteiger partial charge in [-0.2, -0.15) is 0 Å². The molecule has 16 heteroatoms. The van der Waals surface area contributed by atoms with Crippen LogP contribution >= 0.6 is 0 Å². The molecular formula is C46H70N6O10. The van der Waals surface area contributed by atoms with Crippen molar-refractivity contribution in [3.8, 4) is 11.5 Å². The standard InChI is InChI=1S/2C23H35N3O5/c2*1-7-8-9-10-19(16(2)27)24-20(28)15-31-18-13-11-17(12-14-18)21-25(29)22(3,4)23(5,6)26(21)30/h2*11-14,19,29H,7-10,15H2,1-6H3,(H,24,28)/t2*19-/m00/s1. The molecule has 2 heterocycles. The summed E-state index contributed by atoms with van der Waals surface area (Å²) in [7, 11) is 0. The van der Waals surface area contributed by atoms with E-state index in [0.29, 0.717) is 35.5 Å². The second-order valence-corrected chi connectivity index (χ2v) is 18.2. The van der Waals surface area contributed by atoms with E-state index in [9.17, 15) is 40.0 Å². The molecule has 0 radical (unpaired) electrons. The number of amidine groups is 2. The lowest BCUT2D eigenvalue weighted by Crippen LogP contribution is -2.53. The van der Waals surface area contributed by atoms with Crippen LogP contribution in [0.15, 0.2) is 48.5 Å². The van der Waals surface area contributed by atoms with E-state index < -0.39 is 34.2 Å². The molecule has 2 aliphatic rings. The Bertz CT molecular complexity index is 1800. The number of hydrogen-bond donors (Lipinski definition) is 4. The Balaban J connectivity index is 0.000000330. The molecular weight excluding hydrogens is 797 g/mol. The highest BCUT2D eigenvalue weighted by molar-refractivity contribution is 5.97. The minimum atomic E-state index is -0.825. The summed E-state index contributed by atoms with van der Waals surface area (Å²) in [5.41, 5.74) is -2.12. The van der Waals surface area contributed by atoms with Crippen LogP contribution in [0.25, 0.3) is 0 Å². The first-order chi connectivity index (χ1) is 28.9. The van der Waals surface area contributed by atoms with Crippen molar-refractivity contribution in [1.82, 2.24) is 20.8 Å². The number of nitrogens with zero attached hydrogens (tertiary/aromatic N) is 4. The van der Waals surface area contributed by atoms with Crippen molar-refractivity contribution >= 4 is 35.1 Å². The molecule has 0 fully saturated rings. The minimum Gasteiger partial charge on any atom is -0.714 e. The summed E-state index contributed by atoms with van der Waals surface area (Å²) >= 11 is 0.